The van der Waals surface area contributed by atoms with Gasteiger partial charge in [-0.15, -0.1) is 0 Å². The average molecular weight is 481 g/mol. The summed E-state index contributed by atoms with van der Waals surface area (Å²) in [4.78, 5) is 18.2. The zero-order chi connectivity index (χ0) is 24.7. The molecule has 2 heterocycles. The van der Waals surface area contributed by atoms with Crippen LogP contribution in [0.2, 0.25) is 0 Å². The van der Waals surface area contributed by atoms with E-state index in [1.807, 2.05) is 0 Å². The van der Waals surface area contributed by atoms with Gasteiger partial charge in [-0.05, 0) is 91.9 Å². The van der Waals surface area contributed by atoms with Crippen LogP contribution in [0, 0.1) is 12.8 Å². The van der Waals surface area contributed by atoms with Crippen LogP contribution >= 0.6 is 0 Å². The molecule has 188 valence electrons. The number of nitrogens with zero attached hydrogens (tertiary/aromatic N) is 2. The minimum Gasteiger partial charge on any atom is -0.299 e. The Morgan fingerprint density at radius 1 is 0.778 bits per heavy atom. The molecule has 0 amide bonds. The molecule has 3 heteroatoms. The highest BCUT2D eigenvalue weighted by Crippen LogP contribution is 2.26. The van der Waals surface area contributed by atoms with Crippen LogP contribution < -0.4 is 0 Å². The predicted octanol–water partition coefficient (Wildman–Crippen LogP) is 6.47. The topological polar surface area (TPSA) is 23.6 Å². The molecule has 3 aromatic rings. The Hall–Kier alpha value is -2.75. The summed E-state index contributed by atoms with van der Waals surface area (Å²) >= 11 is 0. The lowest BCUT2D eigenvalue weighted by atomic mass is 9.89. The molecule has 0 unspecified atom stereocenters. The number of carbonyl (C=O) groups is 1. The zero-order valence-electron chi connectivity index (χ0n) is 21.8. The molecule has 5 rings (SSSR count). The lowest BCUT2D eigenvalue weighted by Gasteiger charge is -2.32. The average Bonchev–Trinajstić information content (AvgIpc) is 3.12. The zero-order valence-corrected chi connectivity index (χ0v) is 21.8. The largest absolute Gasteiger partial charge is 0.299 e. The Morgan fingerprint density at radius 2 is 1.47 bits per heavy atom. The van der Waals surface area contributed by atoms with Gasteiger partial charge in [0.2, 0.25) is 0 Å². The molecule has 0 saturated carbocycles. The molecule has 1 fully saturated rings. The van der Waals surface area contributed by atoms with Crippen LogP contribution in [0.25, 0.3) is 0 Å². The van der Waals surface area contributed by atoms with Crippen molar-refractivity contribution in [2.45, 2.75) is 58.5 Å². The van der Waals surface area contributed by atoms with E-state index in [1.165, 1.54) is 40.7 Å². The van der Waals surface area contributed by atoms with Gasteiger partial charge in [-0.25, -0.2) is 0 Å². The maximum absolute atomic E-state index is 13.1. The first-order chi connectivity index (χ1) is 17.6. The normalized spacial score (nSPS) is 17.5. The third-order valence-electron chi connectivity index (χ3n) is 8.31. The number of hydrogen-bond donors (Lipinski definition) is 0. The number of ketones is 1. The summed E-state index contributed by atoms with van der Waals surface area (Å²) in [6.07, 6.45) is 6.22. The fraction of sp³-hybridized carbons (Fsp3) is 0.424. The molecule has 3 aromatic carbocycles. The second-order valence-corrected chi connectivity index (χ2v) is 10.9. The first-order valence-corrected chi connectivity index (χ1v) is 13.8. The predicted molar refractivity (Wildman–Crippen MR) is 148 cm³/mol. The van der Waals surface area contributed by atoms with Crippen molar-refractivity contribution in [3.05, 3.63) is 106 Å². The summed E-state index contributed by atoms with van der Waals surface area (Å²) < 4.78 is 0. The fourth-order valence-electron chi connectivity index (χ4n) is 5.89. The molecule has 2 aliphatic heterocycles. The van der Waals surface area contributed by atoms with Crippen LogP contribution in [0.3, 0.4) is 0 Å². The summed E-state index contributed by atoms with van der Waals surface area (Å²) in [5.74, 6) is 1.000. The first-order valence-electron chi connectivity index (χ1n) is 13.8. The molecule has 1 saturated heterocycles. The van der Waals surface area contributed by atoms with Gasteiger partial charge in [0.1, 0.15) is 0 Å². The van der Waals surface area contributed by atoms with Gasteiger partial charge in [0, 0.05) is 38.2 Å². The quantitative estimate of drug-likeness (QED) is 0.345. The number of Topliss-reactive ketones (excluding diaryl/α,β-unsaturated/α-hetero) is 1. The van der Waals surface area contributed by atoms with E-state index in [2.05, 4.69) is 89.5 Å². The lowest BCUT2D eigenvalue weighted by Crippen LogP contribution is -2.33. The highest BCUT2D eigenvalue weighted by Gasteiger charge is 2.21. The fourth-order valence-corrected chi connectivity index (χ4v) is 5.89. The number of fused-ring (bicyclic) bond motifs is 1. The molecule has 3 nitrogen and oxygen atoms in total. The van der Waals surface area contributed by atoms with E-state index >= 15 is 0 Å². The molecular weight excluding hydrogens is 440 g/mol. The monoisotopic (exact) mass is 480 g/mol. The Morgan fingerprint density at radius 3 is 2.25 bits per heavy atom. The summed E-state index contributed by atoms with van der Waals surface area (Å²) in [5.41, 5.74) is 7.92. The molecule has 0 radical (unpaired) electrons. The number of hydrogen-bond acceptors (Lipinski definition) is 3. The highest BCUT2D eigenvalue weighted by atomic mass is 16.1. The third-order valence-corrected chi connectivity index (χ3v) is 8.31. The molecular formula is C33H40N2O. The van der Waals surface area contributed by atoms with Gasteiger partial charge < -0.3 is 0 Å². The number of carbonyl (C=O) groups excluding carboxylic acids is 1. The van der Waals surface area contributed by atoms with Crippen molar-refractivity contribution in [3.8, 4) is 0 Å². The Bertz CT molecular complexity index is 1150. The maximum Gasteiger partial charge on any atom is 0.162 e. The van der Waals surface area contributed by atoms with Crippen LogP contribution in [0.4, 0.5) is 0 Å². The van der Waals surface area contributed by atoms with E-state index in [-0.39, 0.29) is 0 Å². The Labute approximate surface area is 217 Å². The SMILES string of the molecule is Cc1ccccc1CN1CCC(CCC(=O)c2ccc3c(c2)CCN(Cc2ccccc2)CC3)CC1. The third kappa shape index (κ3) is 6.52. The van der Waals surface area contributed by atoms with Crippen molar-refractivity contribution in [1.29, 1.82) is 0 Å². The number of aryl methyl sites for hydroxylation is 1. The van der Waals surface area contributed by atoms with Gasteiger partial charge in [0.05, 0.1) is 0 Å². The van der Waals surface area contributed by atoms with Gasteiger partial charge in [-0.1, -0.05) is 66.7 Å². The van der Waals surface area contributed by atoms with E-state index in [0.29, 0.717) is 18.1 Å². The van der Waals surface area contributed by atoms with Crippen molar-refractivity contribution < 1.29 is 4.79 Å². The number of benzene rings is 3. The summed E-state index contributed by atoms with van der Waals surface area (Å²) in [6, 6.07) is 26.0. The van der Waals surface area contributed by atoms with Crippen LogP contribution in [0.15, 0.2) is 72.8 Å². The van der Waals surface area contributed by atoms with E-state index in [0.717, 1.165) is 64.1 Å². The minimum absolute atomic E-state index is 0.325. The molecule has 0 bridgehead atoms. The van der Waals surface area contributed by atoms with Gasteiger partial charge in [-0.3, -0.25) is 14.6 Å². The van der Waals surface area contributed by atoms with Crippen LogP contribution in [0.1, 0.15) is 63.9 Å². The van der Waals surface area contributed by atoms with Crippen molar-refractivity contribution in [1.82, 2.24) is 9.80 Å². The van der Waals surface area contributed by atoms with E-state index in [4.69, 9.17) is 0 Å². The molecule has 0 aliphatic carbocycles. The number of likely N-dealkylation sites (tertiary alicyclic amines) is 1. The van der Waals surface area contributed by atoms with Crippen LogP contribution in [0.5, 0.6) is 0 Å². The van der Waals surface area contributed by atoms with E-state index < -0.39 is 0 Å². The summed E-state index contributed by atoms with van der Waals surface area (Å²) in [5, 5.41) is 0. The van der Waals surface area contributed by atoms with Gasteiger partial charge in [-0.2, -0.15) is 0 Å². The summed E-state index contributed by atoms with van der Waals surface area (Å²) in [7, 11) is 0. The van der Waals surface area contributed by atoms with Crippen LogP contribution in [-0.2, 0) is 25.9 Å². The van der Waals surface area contributed by atoms with Crippen molar-refractivity contribution in [3.63, 3.8) is 0 Å². The molecule has 0 N–H and O–H groups in total. The van der Waals surface area contributed by atoms with Crippen LogP contribution in [-0.4, -0.2) is 41.8 Å². The van der Waals surface area contributed by atoms with Gasteiger partial charge in [0.25, 0.3) is 0 Å². The molecule has 0 atom stereocenters. The van der Waals surface area contributed by atoms with Crippen molar-refractivity contribution in [2.75, 3.05) is 26.2 Å². The maximum atomic E-state index is 13.1. The number of piperidine rings is 1. The second-order valence-electron chi connectivity index (χ2n) is 10.9. The second kappa shape index (κ2) is 12.0. The van der Waals surface area contributed by atoms with Crippen molar-refractivity contribution >= 4 is 5.78 Å². The highest BCUT2D eigenvalue weighted by molar-refractivity contribution is 5.96. The van der Waals surface area contributed by atoms with Gasteiger partial charge in [0.15, 0.2) is 5.78 Å². The minimum atomic E-state index is 0.325. The Balaban J connectivity index is 1.09. The lowest BCUT2D eigenvalue weighted by molar-refractivity contribution is 0.0961. The van der Waals surface area contributed by atoms with E-state index in [9.17, 15) is 4.79 Å². The Kier molecular flexibility index (Phi) is 8.30. The standard InChI is InChI=1S/C33H40N2O/c1-26-7-5-6-10-32(26)25-35-19-15-27(16-20-35)11-14-33(36)31-13-12-29-17-21-34(22-18-30(29)23-31)24-28-8-3-2-4-9-28/h2-10,12-13,23,27H,11,14-22,24-25H2,1H3. The van der Waals surface area contributed by atoms with Gasteiger partial charge >= 0.3 is 0 Å². The number of rotatable bonds is 8. The van der Waals surface area contributed by atoms with E-state index in [1.54, 1.807) is 0 Å². The smallest absolute Gasteiger partial charge is 0.162 e. The molecule has 36 heavy (non-hydrogen) atoms. The summed E-state index contributed by atoms with van der Waals surface area (Å²) in [6.45, 7) is 8.69. The van der Waals surface area contributed by atoms with Crippen molar-refractivity contribution in [2.24, 2.45) is 5.92 Å². The molecule has 0 aromatic heterocycles. The molecule has 2 aliphatic rings. The molecule has 0 spiro atoms. The first kappa shape index (κ1) is 24.9.